The number of anilines is 1. The number of rotatable bonds is 3. The fourth-order valence-corrected chi connectivity index (χ4v) is 2.49. The summed E-state index contributed by atoms with van der Waals surface area (Å²) in [6.07, 6.45) is 1.64. The zero-order valence-corrected chi connectivity index (χ0v) is 11.7. The van der Waals surface area contributed by atoms with E-state index in [1.165, 1.54) is 0 Å². The lowest BCUT2D eigenvalue weighted by atomic mass is 10.0. The quantitative estimate of drug-likeness (QED) is 0.904. The van der Waals surface area contributed by atoms with Crippen LogP contribution in [0.5, 0.6) is 5.75 Å². The van der Waals surface area contributed by atoms with Crippen molar-refractivity contribution in [3.8, 4) is 5.75 Å². The van der Waals surface area contributed by atoms with Gasteiger partial charge < -0.3 is 15.2 Å². The largest absolute Gasteiger partial charge is 0.496 e. The van der Waals surface area contributed by atoms with Crippen LogP contribution >= 0.6 is 0 Å². The number of carboxylic acids is 1. The number of hydrogen-bond donors (Lipinski definition) is 2. The molecule has 0 saturated carbocycles. The van der Waals surface area contributed by atoms with Gasteiger partial charge in [-0.1, -0.05) is 18.2 Å². The van der Waals surface area contributed by atoms with Gasteiger partial charge in [-0.05, 0) is 19.1 Å². The van der Waals surface area contributed by atoms with Gasteiger partial charge >= 0.3 is 5.97 Å². The van der Waals surface area contributed by atoms with E-state index in [4.69, 9.17) is 4.74 Å². The highest BCUT2D eigenvalue weighted by Crippen LogP contribution is 2.34. The molecule has 1 aromatic heterocycles. The number of aliphatic carboxylic acids is 1. The van der Waals surface area contributed by atoms with Gasteiger partial charge in [0.2, 0.25) is 0 Å². The first-order valence-electron chi connectivity index (χ1n) is 6.51. The van der Waals surface area contributed by atoms with E-state index in [9.17, 15) is 9.90 Å². The normalized spacial score (nSPS) is 16.7. The molecule has 6 heteroatoms. The Morgan fingerprint density at radius 3 is 2.90 bits per heavy atom. The van der Waals surface area contributed by atoms with Crippen molar-refractivity contribution in [2.24, 2.45) is 0 Å². The van der Waals surface area contributed by atoms with E-state index in [-0.39, 0.29) is 11.7 Å². The number of aromatic nitrogens is 2. The molecule has 3 rings (SSSR count). The molecule has 108 valence electrons. The molecule has 2 heterocycles. The van der Waals surface area contributed by atoms with Gasteiger partial charge in [-0.25, -0.2) is 9.48 Å². The van der Waals surface area contributed by atoms with Crippen molar-refractivity contribution < 1.29 is 14.6 Å². The van der Waals surface area contributed by atoms with E-state index in [0.717, 1.165) is 11.3 Å². The van der Waals surface area contributed by atoms with Crippen LogP contribution in [0.1, 0.15) is 17.3 Å². The van der Waals surface area contributed by atoms with E-state index >= 15 is 0 Å². The van der Waals surface area contributed by atoms with E-state index in [1.807, 2.05) is 37.3 Å². The molecule has 0 fully saturated rings. The Hall–Kier alpha value is -2.76. The van der Waals surface area contributed by atoms with Gasteiger partial charge in [-0.3, -0.25) is 0 Å². The van der Waals surface area contributed by atoms with E-state index < -0.39 is 5.97 Å². The molecule has 0 saturated heterocycles. The Labute approximate surface area is 121 Å². The summed E-state index contributed by atoms with van der Waals surface area (Å²) in [5, 5.41) is 16.6. The third-order valence-electron chi connectivity index (χ3n) is 3.40. The van der Waals surface area contributed by atoms with Gasteiger partial charge in [0.25, 0.3) is 0 Å². The molecule has 0 amide bonds. The van der Waals surface area contributed by atoms with E-state index in [0.29, 0.717) is 11.6 Å². The molecule has 0 radical (unpaired) electrons. The molecule has 1 unspecified atom stereocenters. The van der Waals surface area contributed by atoms with Gasteiger partial charge in [0.15, 0.2) is 0 Å². The van der Waals surface area contributed by atoms with Gasteiger partial charge in [0.05, 0.1) is 12.8 Å². The first kappa shape index (κ1) is 13.2. The summed E-state index contributed by atoms with van der Waals surface area (Å²) in [7, 11) is 1.59. The number of methoxy groups -OCH3 is 1. The molecule has 2 N–H and O–H groups in total. The number of nitrogens with zero attached hydrogens (tertiary/aromatic N) is 2. The topological polar surface area (TPSA) is 76.4 Å². The number of allylic oxidation sites excluding steroid dienone is 1. The minimum Gasteiger partial charge on any atom is -0.496 e. The second kappa shape index (κ2) is 4.97. The highest BCUT2D eigenvalue weighted by molar-refractivity contribution is 5.90. The van der Waals surface area contributed by atoms with E-state index in [2.05, 4.69) is 10.4 Å². The van der Waals surface area contributed by atoms with E-state index in [1.54, 1.807) is 17.9 Å². The van der Waals surface area contributed by atoms with Crippen LogP contribution in [0.25, 0.3) is 0 Å². The third kappa shape index (κ3) is 2.24. The van der Waals surface area contributed by atoms with Crippen molar-refractivity contribution in [2.75, 3.05) is 12.4 Å². The van der Waals surface area contributed by atoms with Crippen LogP contribution in [0, 0.1) is 6.92 Å². The van der Waals surface area contributed by atoms with Gasteiger partial charge in [-0.15, -0.1) is 0 Å². The van der Waals surface area contributed by atoms with Crippen LogP contribution in [0.3, 0.4) is 0 Å². The van der Waals surface area contributed by atoms with Gasteiger partial charge in [0, 0.05) is 11.6 Å². The number of nitrogens with one attached hydrogen (secondary N) is 1. The lowest BCUT2D eigenvalue weighted by molar-refractivity contribution is -0.132. The number of para-hydroxylation sites is 1. The maximum Gasteiger partial charge on any atom is 0.352 e. The summed E-state index contributed by atoms with van der Waals surface area (Å²) in [5.74, 6) is 0.354. The fourth-order valence-electron chi connectivity index (χ4n) is 2.49. The number of ether oxygens (including phenoxy) is 1. The Bertz CT molecular complexity index is 734. The number of carbonyl (C=O) groups is 1. The molecule has 1 aliphatic heterocycles. The molecule has 0 bridgehead atoms. The minimum absolute atomic E-state index is 0.137. The van der Waals surface area contributed by atoms with Crippen molar-refractivity contribution in [3.63, 3.8) is 0 Å². The first-order valence-corrected chi connectivity index (χ1v) is 6.51. The average molecular weight is 285 g/mol. The van der Waals surface area contributed by atoms with Crippen LogP contribution in [0.2, 0.25) is 0 Å². The molecular weight excluding hydrogens is 270 g/mol. The fraction of sp³-hybridized carbons (Fsp3) is 0.200. The number of benzene rings is 1. The first-order chi connectivity index (χ1) is 10.1. The number of fused-ring (bicyclic) bond motifs is 1. The number of hydrogen-bond acceptors (Lipinski definition) is 4. The monoisotopic (exact) mass is 285 g/mol. The lowest BCUT2D eigenvalue weighted by Crippen LogP contribution is -2.24. The van der Waals surface area contributed by atoms with Crippen molar-refractivity contribution in [2.45, 2.75) is 13.0 Å². The molecule has 0 spiro atoms. The van der Waals surface area contributed by atoms with Gasteiger partial charge in [-0.2, -0.15) is 5.10 Å². The van der Waals surface area contributed by atoms with Crippen molar-refractivity contribution in [1.82, 2.24) is 9.78 Å². The smallest absolute Gasteiger partial charge is 0.352 e. The zero-order chi connectivity index (χ0) is 15.0. The molecule has 6 nitrogen and oxygen atoms in total. The predicted octanol–water partition coefficient (Wildman–Crippen LogP) is 2.18. The van der Waals surface area contributed by atoms with Crippen molar-refractivity contribution in [1.29, 1.82) is 0 Å². The highest BCUT2D eigenvalue weighted by atomic mass is 16.5. The van der Waals surface area contributed by atoms with Crippen LogP contribution in [-0.2, 0) is 4.79 Å². The number of carboxylic acid groups (broad SMARTS) is 1. The van der Waals surface area contributed by atoms with Crippen LogP contribution in [0.4, 0.5) is 5.82 Å². The summed E-state index contributed by atoms with van der Waals surface area (Å²) in [6.45, 7) is 1.87. The van der Waals surface area contributed by atoms with Crippen LogP contribution in [-0.4, -0.2) is 28.0 Å². The molecule has 0 aliphatic carbocycles. The highest BCUT2D eigenvalue weighted by Gasteiger charge is 2.27. The summed E-state index contributed by atoms with van der Waals surface area (Å²) >= 11 is 0. The molecule has 21 heavy (non-hydrogen) atoms. The standard InChI is InChI=1S/C15H15N3O3/c1-9-7-14-16-11(15(19)20)8-12(18(14)17-9)10-5-3-4-6-13(10)21-2/h3-8,12,16H,1-2H3,(H,19,20). The second-order valence-corrected chi connectivity index (χ2v) is 4.81. The van der Waals surface area contributed by atoms with Crippen LogP contribution in [0.15, 0.2) is 42.1 Å². The molecule has 1 atom stereocenters. The Kier molecular flexibility index (Phi) is 3.13. The third-order valence-corrected chi connectivity index (χ3v) is 3.40. The Morgan fingerprint density at radius 2 is 2.19 bits per heavy atom. The Balaban J connectivity index is 2.17. The van der Waals surface area contributed by atoms with Gasteiger partial charge in [0.1, 0.15) is 23.3 Å². The maximum atomic E-state index is 11.3. The predicted molar refractivity (Wildman–Crippen MR) is 77.4 cm³/mol. The van der Waals surface area contributed by atoms with Crippen molar-refractivity contribution >= 4 is 11.8 Å². The average Bonchev–Trinajstić information content (AvgIpc) is 2.86. The molecule has 1 aromatic carbocycles. The minimum atomic E-state index is -1.000. The summed E-state index contributed by atoms with van der Waals surface area (Å²) in [5.41, 5.74) is 1.82. The number of aryl methyl sites for hydroxylation is 1. The lowest BCUT2D eigenvalue weighted by Gasteiger charge is -2.24. The Morgan fingerprint density at radius 1 is 1.43 bits per heavy atom. The molecular formula is C15H15N3O3. The summed E-state index contributed by atoms with van der Waals surface area (Å²) < 4.78 is 7.14. The zero-order valence-electron chi connectivity index (χ0n) is 11.7. The molecule has 2 aromatic rings. The molecule has 1 aliphatic rings. The SMILES string of the molecule is COc1ccccc1C1C=C(C(=O)O)Nc2cc(C)nn21. The summed E-state index contributed by atoms with van der Waals surface area (Å²) in [4.78, 5) is 11.3. The van der Waals surface area contributed by atoms with Crippen LogP contribution < -0.4 is 10.1 Å². The maximum absolute atomic E-state index is 11.3. The van der Waals surface area contributed by atoms with Crippen molar-refractivity contribution in [3.05, 3.63) is 53.4 Å². The summed E-state index contributed by atoms with van der Waals surface area (Å²) in [6, 6.07) is 9.02. The second-order valence-electron chi connectivity index (χ2n) is 4.81.